The smallest absolute Gasteiger partial charge is 0.273 e. The van der Waals surface area contributed by atoms with Crippen LogP contribution in [0.25, 0.3) is 0 Å². The van der Waals surface area contributed by atoms with E-state index in [0.29, 0.717) is 12.6 Å². The van der Waals surface area contributed by atoms with Crippen LogP contribution in [0.15, 0.2) is 48.8 Å². The molecule has 1 heterocycles. The predicted molar refractivity (Wildman–Crippen MR) is 84.5 cm³/mol. The molecule has 1 aromatic carbocycles. The molecule has 1 aliphatic rings. The topological polar surface area (TPSA) is 59.3 Å². The van der Waals surface area contributed by atoms with E-state index in [1.165, 1.54) is 18.4 Å². The molecule has 0 atom stereocenters. The number of nitro benzene ring substituents is 1. The number of aromatic nitrogens is 1. The second-order valence-electron chi connectivity index (χ2n) is 5.69. The van der Waals surface area contributed by atoms with Crippen molar-refractivity contribution < 1.29 is 4.92 Å². The van der Waals surface area contributed by atoms with Gasteiger partial charge in [0.05, 0.1) is 4.92 Å². The van der Waals surface area contributed by atoms with Crippen molar-refractivity contribution in [2.24, 2.45) is 0 Å². The zero-order chi connectivity index (χ0) is 15.4. The van der Waals surface area contributed by atoms with Crippen molar-refractivity contribution in [1.29, 1.82) is 0 Å². The van der Waals surface area contributed by atoms with Gasteiger partial charge in [0.25, 0.3) is 5.69 Å². The van der Waals surface area contributed by atoms with Crippen LogP contribution in [0, 0.1) is 10.1 Å². The van der Waals surface area contributed by atoms with Crippen LogP contribution in [0.2, 0.25) is 0 Å². The van der Waals surface area contributed by atoms with Gasteiger partial charge in [-0.05, 0) is 37.0 Å². The lowest BCUT2D eigenvalue weighted by Crippen LogP contribution is -2.28. The zero-order valence-electron chi connectivity index (χ0n) is 12.4. The molecular formula is C17H19N3O2. The molecule has 5 heteroatoms. The molecule has 114 valence electrons. The summed E-state index contributed by atoms with van der Waals surface area (Å²) in [7, 11) is 0. The summed E-state index contributed by atoms with van der Waals surface area (Å²) >= 11 is 0. The van der Waals surface area contributed by atoms with E-state index in [1.807, 2.05) is 24.3 Å². The van der Waals surface area contributed by atoms with Crippen LogP contribution < -0.4 is 0 Å². The Balaban J connectivity index is 1.69. The minimum atomic E-state index is -0.288. The first-order valence-electron chi connectivity index (χ1n) is 7.59. The normalized spacial score (nSPS) is 14.2. The average molecular weight is 297 g/mol. The number of benzene rings is 1. The van der Waals surface area contributed by atoms with Crippen molar-refractivity contribution in [3.63, 3.8) is 0 Å². The Hall–Kier alpha value is -2.27. The molecular weight excluding hydrogens is 278 g/mol. The molecule has 2 aromatic rings. The number of hydrogen-bond acceptors (Lipinski definition) is 4. The Labute approximate surface area is 129 Å². The first-order valence-corrected chi connectivity index (χ1v) is 7.59. The fourth-order valence-corrected chi connectivity index (χ4v) is 2.69. The highest BCUT2D eigenvalue weighted by Crippen LogP contribution is 2.30. The Morgan fingerprint density at radius 2 is 1.91 bits per heavy atom. The van der Waals surface area contributed by atoms with E-state index in [9.17, 15) is 10.1 Å². The lowest BCUT2D eigenvalue weighted by atomic mass is 10.1. The zero-order valence-corrected chi connectivity index (χ0v) is 12.4. The van der Waals surface area contributed by atoms with E-state index in [4.69, 9.17) is 0 Å². The Morgan fingerprint density at radius 3 is 2.59 bits per heavy atom. The van der Waals surface area contributed by atoms with Gasteiger partial charge in [-0.25, -0.2) is 0 Å². The summed E-state index contributed by atoms with van der Waals surface area (Å²) in [6.07, 6.45) is 6.94. The van der Waals surface area contributed by atoms with Gasteiger partial charge >= 0.3 is 0 Å². The second kappa shape index (κ2) is 6.66. The SMILES string of the molecule is O=[N+]([O-])c1ccccc1CN(CCc1ccncc1)C1CC1. The third kappa shape index (κ3) is 3.68. The monoisotopic (exact) mass is 297 g/mol. The second-order valence-corrected chi connectivity index (χ2v) is 5.69. The maximum atomic E-state index is 11.1. The van der Waals surface area contributed by atoms with Gasteiger partial charge in [-0.2, -0.15) is 0 Å². The van der Waals surface area contributed by atoms with E-state index in [2.05, 4.69) is 9.88 Å². The quantitative estimate of drug-likeness (QED) is 0.581. The number of pyridine rings is 1. The van der Waals surface area contributed by atoms with Crippen molar-refractivity contribution in [2.75, 3.05) is 6.54 Å². The van der Waals surface area contributed by atoms with Crippen LogP contribution in [0.3, 0.4) is 0 Å². The molecule has 0 aliphatic heterocycles. The van der Waals surface area contributed by atoms with Crippen molar-refractivity contribution in [1.82, 2.24) is 9.88 Å². The largest absolute Gasteiger partial charge is 0.296 e. The van der Waals surface area contributed by atoms with Crippen LogP contribution in [0.4, 0.5) is 5.69 Å². The standard InChI is InChI=1S/C17H19N3O2/c21-20(22)17-4-2-1-3-15(17)13-19(16-5-6-16)12-9-14-7-10-18-11-8-14/h1-4,7-8,10-11,16H,5-6,9,12-13H2. The molecule has 3 rings (SSSR count). The Kier molecular flexibility index (Phi) is 4.44. The highest BCUT2D eigenvalue weighted by atomic mass is 16.6. The van der Waals surface area contributed by atoms with Gasteiger partial charge < -0.3 is 0 Å². The van der Waals surface area contributed by atoms with Gasteiger partial charge in [-0.1, -0.05) is 18.2 Å². The first-order chi connectivity index (χ1) is 10.7. The molecule has 0 radical (unpaired) electrons. The summed E-state index contributed by atoms with van der Waals surface area (Å²) in [5, 5.41) is 11.1. The maximum Gasteiger partial charge on any atom is 0.273 e. The van der Waals surface area contributed by atoms with Crippen LogP contribution in [-0.2, 0) is 13.0 Å². The van der Waals surface area contributed by atoms with E-state index in [0.717, 1.165) is 18.5 Å². The molecule has 1 fully saturated rings. The molecule has 1 saturated carbocycles. The lowest BCUT2D eigenvalue weighted by Gasteiger charge is -2.22. The lowest BCUT2D eigenvalue weighted by molar-refractivity contribution is -0.385. The minimum Gasteiger partial charge on any atom is -0.296 e. The number of nitrogens with zero attached hydrogens (tertiary/aromatic N) is 3. The van der Waals surface area contributed by atoms with Gasteiger partial charge in [0.15, 0.2) is 0 Å². The summed E-state index contributed by atoms with van der Waals surface area (Å²) in [4.78, 5) is 17.3. The van der Waals surface area contributed by atoms with E-state index in [1.54, 1.807) is 24.5 Å². The van der Waals surface area contributed by atoms with Gasteiger partial charge in [0.2, 0.25) is 0 Å². The van der Waals surface area contributed by atoms with Crippen LogP contribution in [-0.4, -0.2) is 27.4 Å². The summed E-state index contributed by atoms with van der Waals surface area (Å²) in [5.41, 5.74) is 2.27. The van der Waals surface area contributed by atoms with E-state index >= 15 is 0 Å². The fraction of sp³-hybridized carbons (Fsp3) is 0.353. The molecule has 0 unspecified atom stereocenters. The van der Waals surface area contributed by atoms with Crippen LogP contribution in [0.1, 0.15) is 24.0 Å². The molecule has 0 spiro atoms. The maximum absolute atomic E-state index is 11.1. The molecule has 0 N–H and O–H groups in total. The van der Waals surface area contributed by atoms with Gasteiger partial charge in [-0.15, -0.1) is 0 Å². The van der Waals surface area contributed by atoms with Crippen molar-refractivity contribution in [3.05, 3.63) is 70.0 Å². The van der Waals surface area contributed by atoms with Gasteiger partial charge in [0, 0.05) is 43.2 Å². The summed E-state index contributed by atoms with van der Waals surface area (Å²) in [5.74, 6) is 0. The fourth-order valence-electron chi connectivity index (χ4n) is 2.69. The van der Waals surface area contributed by atoms with Crippen molar-refractivity contribution >= 4 is 5.69 Å². The van der Waals surface area contributed by atoms with Crippen LogP contribution >= 0.6 is 0 Å². The third-order valence-corrected chi connectivity index (χ3v) is 4.06. The number of nitro groups is 1. The molecule has 0 amide bonds. The highest BCUT2D eigenvalue weighted by molar-refractivity contribution is 5.39. The number of rotatable bonds is 7. The predicted octanol–water partition coefficient (Wildman–Crippen LogP) is 3.20. The summed E-state index contributed by atoms with van der Waals surface area (Å²) in [6, 6.07) is 11.7. The Bertz CT molecular complexity index is 641. The van der Waals surface area contributed by atoms with Crippen LogP contribution in [0.5, 0.6) is 0 Å². The number of hydrogen-bond donors (Lipinski definition) is 0. The number of para-hydroxylation sites is 1. The van der Waals surface area contributed by atoms with Crippen molar-refractivity contribution in [3.8, 4) is 0 Å². The Morgan fingerprint density at radius 1 is 1.18 bits per heavy atom. The van der Waals surface area contributed by atoms with E-state index < -0.39 is 0 Å². The molecule has 0 bridgehead atoms. The highest BCUT2D eigenvalue weighted by Gasteiger charge is 2.30. The summed E-state index contributed by atoms with van der Waals surface area (Å²) in [6.45, 7) is 1.56. The molecule has 1 aromatic heterocycles. The third-order valence-electron chi connectivity index (χ3n) is 4.06. The summed E-state index contributed by atoms with van der Waals surface area (Å²) < 4.78 is 0. The minimum absolute atomic E-state index is 0.220. The molecule has 0 saturated heterocycles. The van der Waals surface area contributed by atoms with Crippen molar-refractivity contribution in [2.45, 2.75) is 31.8 Å². The first kappa shape index (κ1) is 14.7. The van der Waals surface area contributed by atoms with E-state index in [-0.39, 0.29) is 10.6 Å². The van der Waals surface area contributed by atoms with Gasteiger partial charge in [-0.3, -0.25) is 20.0 Å². The molecule has 5 nitrogen and oxygen atoms in total. The average Bonchev–Trinajstić information content (AvgIpc) is 3.37. The molecule has 22 heavy (non-hydrogen) atoms. The molecule has 1 aliphatic carbocycles. The van der Waals surface area contributed by atoms with Gasteiger partial charge in [0.1, 0.15) is 0 Å².